The van der Waals surface area contributed by atoms with Crippen molar-refractivity contribution in [3.8, 4) is 0 Å². The summed E-state index contributed by atoms with van der Waals surface area (Å²) in [6.45, 7) is -1.36. The van der Waals surface area contributed by atoms with Gasteiger partial charge in [0.1, 0.15) is 5.54 Å². The molecular weight excluding hydrogens is 270 g/mol. The van der Waals surface area contributed by atoms with E-state index in [0.29, 0.717) is 6.42 Å². The Hall–Kier alpha value is -0.650. The summed E-state index contributed by atoms with van der Waals surface area (Å²) >= 11 is 0. The average molecular weight is 297 g/mol. The van der Waals surface area contributed by atoms with Crippen LogP contribution in [0.15, 0.2) is 0 Å². The highest BCUT2D eigenvalue weighted by molar-refractivity contribution is 5.77. The fourth-order valence-electron chi connectivity index (χ4n) is 5.46. The molecule has 0 unspecified atom stereocenters. The van der Waals surface area contributed by atoms with Crippen LogP contribution in [0.25, 0.3) is 0 Å². The number of nitrogens with one attached hydrogen (secondary N) is 1. The second-order valence-corrected chi connectivity index (χ2v) is 7.90. The minimum atomic E-state index is -1.29. The van der Waals surface area contributed by atoms with Gasteiger partial charge in [-0.15, -0.1) is 0 Å². The first-order chi connectivity index (χ1) is 10.0. The molecule has 120 valence electrons. The highest BCUT2D eigenvalue weighted by Gasteiger charge is 2.51. The van der Waals surface area contributed by atoms with Gasteiger partial charge in [0.25, 0.3) is 0 Å². The topological polar surface area (TPSA) is 89.8 Å². The lowest BCUT2D eigenvalue weighted by atomic mass is 9.49. The molecule has 0 aromatic heterocycles. The van der Waals surface area contributed by atoms with E-state index in [1.807, 2.05) is 0 Å². The van der Waals surface area contributed by atoms with Gasteiger partial charge >= 0.3 is 0 Å². The van der Waals surface area contributed by atoms with Crippen molar-refractivity contribution in [2.75, 3.05) is 19.8 Å². The van der Waals surface area contributed by atoms with Gasteiger partial charge in [-0.25, -0.2) is 0 Å². The maximum Gasteiger partial charge on any atom is 0.221 e. The van der Waals surface area contributed by atoms with Crippen LogP contribution in [-0.4, -0.2) is 46.6 Å². The number of hydrogen-bond acceptors (Lipinski definition) is 4. The van der Waals surface area contributed by atoms with Gasteiger partial charge in [-0.2, -0.15) is 0 Å². The van der Waals surface area contributed by atoms with E-state index in [4.69, 9.17) is 0 Å². The van der Waals surface area contributed by atoms with Gasteiger partial charge in [-0.3, -0.25) is 4.79 Å². The molecular formula is C16H27NO4. The Morgan fingerprint density at radius 2 is 1.38 bits per heavy atom. The second-order valence-electron chi connectivity index (χ2n) is 7.90. The molecule has 0 radical (unpaired) electrons. The molecule has 1 amide bonds. The third kappa shape index (κ3) is 2.83. The molecule has 0 atom stereocenters. The fourth-order valence-corrected chi connectivity index (χ4v) is 5.46. The quantitative estimate of drug-likeness (QED) is 0.572. The van der Waals surface area contributed by atoms with E-state index < -0.39 is 25.4 Å². The lowest BCUT2D eigenvalue weighted by Gasteiger charge is -2.56. The highest BCUT2D eigenvalue weighted by atomic mass is 16.3. The number of aliphatic hydroxyl groups excluding tert-OH is 3. The number of carbonyl (C=O) groups excluding carboxylic acids is 1. The number of aliphatic hydroxyl groups is 3. The minimum Gasteiger partial charge on any atom is -0.394 e. The molecule has 4 bridgehead atoms. The zero-order valence-corrected chi connectivity index (χ0v) is 12.6. The van der Waals surface area contributed by atoms with Crippen LogP contribution in [0.4, 0.5) is 0 Å². The molecule has 0 heterocycles. The largest absolute Gasteiger partial charge is 0.394 e. The third-order valence-electron chi connectivity index (χ3n) is 6.01. The molecule has 21 heavy (non-hydrogen) atoms. The monoisotopic (exact) mass is 297 g/mol. The van der Waals surface area contributed by atoms with Crippen LogP contribution < -0.4 is 5.32 Å². The Morgan fingerprint density at radius 3 is 1.76 bits per heavy atom. The molecule has 5 heteroatoms. The van der Waals surface area contributed by atoms with Gasteiger partial charge in [0, 0.05) is 6.42 Å². The standard InChI is InChI=1S/C16H27NO4/c18-8-16(9-19,10-20)17-14(21)7-15-4-11-1-12(5-15)3-13(2-11)6-15/h11-13,18-20H,1-10H2,(H,17,21). The van der Waals surface area contributed by atoms with Gasteiger partial charge in [0.05, 0.1) is 19.8 Å². The van der Waals surface area contributed by atoms with E-state index in [9.17, 15) is 20.1 Å². The molecule has 0 aromatic carbocycles. The Balaban J connectivity index is 1.65. The summed E-state index contributed by atoms with van der Waals surface area (Å²) in [7, 11) is 0. The Kier molecular flexibility index (Phi) is 4.01. The molecule has 0 aliphatic heterocycles. The van der Waals surface area contributed by atoms with Gasteiger partial charge in [0.2, 0.25) is 5.91 Å². The van der Waals surface area contributed by atoms with Crippen molar-refractivity contribution in [3.05, 3.63) is 0 Å². The predicted molar refractivity (Wildman–Crippen MR) is 77.4 cm³/mol. The average Bonchev–Trinajstić information content (AvgIpc) is 2.43. The zero-order chi connectivity index (χ0) is 15.1. The molecule has 5 nitrogen and oxygen atoms in total. The van der Waals surface area contributed by atoms with Crippen LogP contribution in [0.1, 0.15) is 44.9 Å². The Morgan fingerprint density at radius 1 is 0.952 bits per heavy atom. The van der Waals surface area contributed by atoms with Crippen LogP contribution in [0.2, 0.25) is 0 Å². The van der Waals surface area contributed by atoms with Gasteiger partial charge in [-0.1, -0.05) is 0 Å². The first-order valence-corrected chi connectivity index (χ1v) is 8.16. The zero-order valence-electron chi connectivity index (χ0n) is 12.6. The molecule has 4 aliphatic rings. The first-order valence-electron chi connectivity index (χ1n) is 8.16. The number of hydrogen-bond donors (Lipinski definition) is 4. The van der Waals surface area contributed by atoms with Crippen molar-refractivity contribution in [2.24, 2.45) is 23.2 Å². The van der Waals surface area contributed by atoms with Crippen molar-refractivity contribution in [3.63, 3.8) is 0 Å². The van der Waals surface area contributed by atoms with E-state index in [0.717, 1.165) is 37.0 Å². The summed E-state index contributed by atoms with van der Waals surface area (Å²) in [6.07, 6.45) is 7.95. The van der Waals surface area contributed by atoms with Crippen molar-refractivity contribution >= 4 is 5.91 Å². The molecule has 4 saturated carbocycles. The normalized spacial score (nSPS) is 37.8. The molecule has 0 spiro atoms. The van der Waals surface area contributed by atoms with Crippen LogP contribution >= 0.6 is 0 Å². The summed E-state index contributed by atoms with van der Waals surface area (Å²) in [6, 6.07) is 0. The van der Waals surface area contributed by atoms with E-state index in [-0.39, 0.29) is 11.3 Å². The van der Waals surface area contributed by atoms with Crippen molar-refractivity contribution in [1.82, 2.24) is 5.32 Å². The fraction of sp³-hybridized carbons (Fsp3) is 0.938. The summed E-state index contributed by atoms with van der Waals surface area (Å²) in [5.41, 5.74) is -1.16. The third-order valence-corrected chi connectivity index (χ3v) is 6.01. The molecule has 0 saturated heterocycles. The lowest BCUT2D eigenvalue weighted by Crippen LogP contribution is -2.58. The van der Waals surface area contributed by atoms with Crippen molar-refractivity contribution in [2.45, 2.75) is 50.5 Å². The van der Waals surface area contributed by atoms with Gasteiger partial charge in [-0.05, 0) is 61.7 Å². The smallest absolute Gasteiger partial charge is 0.221 e. The second kappa shape index (κ2) is 5.52. The molecule has 0 aromatic rings. The van der Waals surface area contributed by atoms with Crippen molar-refractivity contribution in [1.29, 1.82) is 0 Å². The van der Waals surface area contributed by atoms with E-state index >= 15 is 0 Å². The minimum absolute atomic E-state index is 0.130. The van der Waals surface area contributed by atoms with Crippen LogP contribution in [0.5, 0.6) is 0 Å². The summed E-state index contributed by atoms with van der Waals surface area (Å²) in [5, 5.41) is 30.6. The molecule has 4 N–H and O–H groups in total. The molecule has 4 aliphatic carbocycles. The number of carbonyl (C=O) groups is 1. The van der Waals surface area contributed by atoms with E-state index in [1.54, 1.807) is 0 Å². The molecule has 4 rings (SSSR count). The van der Waals surface area contributed by atoms with Gasteiger partial charge in [0.15, 0.2) is 0 Å². The van der Waals surface area contributed by atoms with Crippen LogP contribution in [0.3, 0.4) is 0 Å². The van der Waals surface area contributed by atoms with E-state index in [1.165, 1.54) is 19.3 Å². The van der Waals surface area contributed by atoms with Crippen LogP contribution in [0, 0.1) is 23.2 Å². The maximum atomic E-state index is 12.4. The Labute approximate surface area is 125 Å². The number of rotatable bonds is 6. The van der Waals surface area contributed by atoms with E-state index in [2.05, 4.69) is 5.32 Å². The van der Waals surface area contributed by atoms with Crippen molar-refractivity contribution < 1.29 is 20.1 Å². The first kappa shape index (κ1) is 15.3. The maximum absolute atomic E-state index is 12.4. The van der Waals surface area contributed by atoms with Gasteiger partial charge < -0.3 is 20.6 Å². The SMILES string of the molecule is O=C(CC12CC3CC(CC(C3)C1)C2)NC(CO)(CO)CO. The predicted octanol–water partition coefficient (Wildman–Crippen LogP) is 0.425. The Bertz CT molecular complexity index is 362. The summed E-state index contributed by atoms with van der Waals surface area (Å²) in [4.78, 5) is 12.4. The number of amides is 1. The molecule has 4 fully saturated rings. The summed E-state index contributed by atoms with van der Waals surface area (Å²) in [5.74, 6) is 2.24. The lowest BCUT2D eigenvalue weighted by molar-refractivity contribution is -0.133. The summed E-state index contributed by atoms with van der Waals surface area (Å²) < 4.78 is 0. The van der Waals surface area contributed by atoms with Crippen LogP contribution in [-0.2, 0) is 4.79 Å². The highest BCUT2D eigenvalue weighted by Crippen LogP contribution is 2.61.